The molecule has 1 aliphatic rings. The molecule has 76 valence electrons. The van der Waals surface area contributed by atoms with Crippen LogP contribution in [0.3, 0.4) is 0 Å². The van der Waals surface area contributed by atoms with Gasteiger partial charge >= 0.3 is 5.97 Å². The monoisotopic (exact) mass is 204 g/mol. The zero-order chi connectivity index (χ0) is 11.0. The quantitative estimate of drug-likeness (QED) is 0.535. The number of hydrogen-bond donors (Lipinski definition) is 0. The summed E-state index contributed by atoms with van der Waals surface area (Å²) in [6, 6.07) is 2.81. The molecule has 0 N–H and O–H groups in total. The molecule has 1 aliphatic carbocycles. The van der Waals surface area contributed by atoms with E-state index < -0.39 is 11.8 Å². The highest BCUT2D eigenvalue weighted by Gasteiger charge is 2.30. The number of benzene rings is 1. The molecule has 1 aromatic rings. The molecule has 0 unspecified atom stereocenters. The van der Waals surface area contributed by atoms with E-state index in [0.29, 0.717) is 11.0 Å². The average Bonchev–Trinajstić information content (AvgIpc) is 2.98. The van der Waals surface area contributed by atoms with E-state index in [1.165, 1.54) is 7.11 Å². The zero-order valence-corrected chi connectivity index (χ0v) is 8.42. The van der Waals surface area contributed by atoms with Gasteiger partial charge < -0.3 is 4.74 Å². The predicted molar refractivity (Wildman–Crippen MR) is 55.1 cm³/mol. The van der Waals surface area contributed by atoms with Crippen LogP contribution in [0.25, 0.3) is 0 Å². The van der Waals surface area contributed by atoms with E-state index in [0.717, 1.165) is 18.9 Å². The maximum atomic E-state index is 13.6. The van der Waals surface area contributed by atoms with Crippen LogP contribution >= 0.6 is 0 Å². The fourth-order valence-corrected chi connectivity index (χ4v) is 1.68. The molecule has 2 nitrogen and oxygen atoms in total. The second kappa shape index (κ2) is 3.68. The highest BCUT2D eigenvalue weighted by Crippen LogP contribution is 2.41. The second-order valence-electron chi connectivity index (χ2n) is 3.73. The molecular formula is C11H10BFO2. The molecule has 1 fully saturated rings. The Labute approximate surface area is 88.8 Å². The van der Waals surface area contributed by atoms with Crippen molar-refractivity contribution in [2.45, 2.75) is 18.8 Å². The van der Waals surface area contributed by atoms with Crippen LogP contribution in [0.1, 0.15) is 34.7 Å². The van der Waals surface area contributed by atoms with Gasteiger partial charge in [0.2, 0.25) is 0 Å². The lowest BCUT2D eigenvalue weighted by Crippen LogP contribution is -2.14. The molecule has 15 heavy (non-hydrogen) atoms. The number of rotatable bonds is 2. The molecule has 0 spiro atoms. The molecule has 1 aromatic carbocycles. The summed E-state index contributed by atoms with van der Waals surface area (Å²) in [5.41, 5.74) is 1.07. The van der Waals surface area contributed by atoms with E-state index in [4.69, 9.17) is 7.85 Å². The van der Waals surface area contributed by atoms with Crippen molar-refractivity contribution in [1.82, 2.24) is 0 Å². The average molecular weight is 204 g/mol. The van der Waals surface area contributed by atoms with Crippen LogP contribution in [-0.2, 0) is 4.74 Å². The molecule has 0 amide bonds. The summed E-state index contributed by atoms with van der Waals surface area (Å²) in [6.45, 7) is 0. The van der Waals surface area contributed by atoms with Crippen LogP contribution in [0, 0.1) is 5.82 Å². The van der Waals surface area contributed by atoms with Gasteiger partial charge in [-0.2, -0.15) is 0 Å². The third-order valence-electron chi connectivity index (χ3n) is 2.55. The minimum Gasteiger partial charge on any atom is -0.465 e. The first-order valence-electron chi connectivity index (χ1n) is 4.80. The number of carbonyl (C=O) groups is 1. The molecular weight excluding hydrogens is 194 g/mol. The highest BCUT2D eigenvalue weighted by atomic mass is 19.1. The summed E-state index contributed by atoms with van der Waals surface area (Å²) in [6.07, 6.45) is 1.96. The van der Waals surface area contributed by atoms with E-state index in [9.17, 15) is 9.18 Å². The van der Waals surface area contributed by atoms with Gasteiger partial charge in [-0.25, -0.2) is 9.18 Å². The Kier molecular flexibility index (Phi) is 2.51. The number of carbonyl (C=O) groups excluding carboxylic acids is 1. The summed E-state index contributed by atoms with van der Waals surface area (Å²) >= 11 is 0. The minimum absolute atomic E-state index is 0.0363. The lowest BCUT2D eigenvalue weighted by Gasteiger charge is -2.09. The fraction of sp³-hybridized carbons (Fsp3) is 0.364. The first-order valence-corrected chi connectivity index (χ1v) is 4.80. The van der Waals surface area contributed by atoms with Crippen LogP contribution in [0.2, 0.25) is 0 Å². The molecule has 0 saturated heterocycles. The Bertz CT molecular complexity index is 413. The van der Waals surface area contributed by atoms with E-state index in [-0.39, 0.29) is 11.5 Å². The molecule has 0 heterocycles. The molecule has 0 aromatic heterocycles. The molecule has 2 radical (unpaired) electrons. The van der Waals surface area contributed by atoms with Gasteiger partial charge in [0.05, 0.1) is 12.7 Å². The van der Waals surface area contributed by atoms with Crippen molar-refractivity contribution in [2.75, 3.05) is 7.11 Å². The van der Waals surface area contributed by atoms with Gasteiger partial charge in [0, 0.05) is 0 Å². The van der Waals surface area contributed by atoms with Gasteiger partial charge in [0.15, 0.2) is 0 Å². The van der Waals surface area contributed by atoms with Gasteiger partial charge in [-0.05, 0) is 30.4 Å². The molecule has 4 heteroatoms. The predicted octanol–water partition coefficient (Wildman–Crippen LogP) is 1.28. The van der Waals surface area contributed by atoms with Gasteiger partial charge in [-0.1, -0.05) is 11.5 Å². The summed E-state index contributed by atoms with van der Waals surface area (Å²) in [7, 11) is 6.79. The Hall–Kier alpha value is -1.32. The van der Waals surface area contributed by atoms with Crippen LogP contribution in [0.4, 0.5) is 4.39 Å². The Balaban J connectivity index is 2.53. The third-order valence-corrected chi connectivity index (χ3v) is 2.55. The molecule has 1 saturated carbocycles. The zero-order valence-electron chi connectivity index (χ0n) is 8.42. The van der Waals surface area contributed by atoms with Crippen molar-refractivity contribution < 1.29 is 13.9 Å². The topological polar surface area (TPSA) is 26.3 Å². The Morgan fingerprint density at radius 3 is 2.73 bits per heavy atom. The van der Waals surface area contributed by atoms with Gasteiger partial charge in [-0.15, -0.1) is 0 Å². The molecule has 0 bridgehead atoms. The number of methoxy groups -OCH3 is 1. The SMILES string of the molecule is [B]c1cc(F)c(C(=O)OC)c(C2CC2)c1. The van der Waals surface area contributed by atoms with E-state index in [2.05, 4.69) is 4.74 Å². The van der Waals surface area contributed by atoms with Crippen LogP contribution in [0.5, 0.6) is 0 Å². The smallest absolute Gasteiger partial charge is 0.341 e. The second-order valence-corrected chi connectivity index (χ2v) is 3.73. The van der Waals surface area contributed by atoms with Crippen molar-refractivity contribution in [3.8, 4) is 0 Å². The summed E-state index contributed by atoms with van der Waals surface area (Å²) in [5.74, 6) is -0.963. The first kappa shape index (κ1) is 10.2. The van der Waals surface area contributed by atoms with E-state index in [1.807, 2.05) is 0 Å². The molecule has 0 atom stereocenters. The van der Waals surface area contributed by atoms with E-state index >= 15 is 0 Å². The van der Waals surface area contributed by atoms with Crippen molar-refractivity contribution in [1.29, 1.82) is 0 Å². The number of halogens is 1. The minimum atomic E-state index is -0.630. The normalized spacial score (nSPS) is 15.1. The van der Waals surface area contributed by atoms with Gasteiger partial charge in [0.25, 0.3) is 0 Å². The highest BCUT2D eigenvalue weighted by molar-refractivity contribution is 6.32. The first-order chi connectivity index (χ1) is 7.13. The van der Waals surface area contributed by atoms with Crippen molar-refractivity contribution in [3.63, 3.8) is 0 Å². The number of ether oxygens (including phenoxy) is 1. The van der Waals surface area contributed by atoms with Gasteiger partial charge in [-0.3, -0.25) is 0 Å². The summed E-state index contributed by atoms with van der Waals surface area (Å²) in [4.78, 5) is 11.4. The van der Waals surface area contributed by atoms with Gasteiger partial charge in [0.1, 0.15) is 13.7 Å². The van der Waals surface area contributed by atoms with Crippen LogP contribution in [0.15, 0.2) is 12.1 Å². The van der Waals surface area contributed by atoms with E-state index in [1.54, 1.807) is 6.07 Å². The van der Waals surface area contributed by atoms with Crippen LogP contribution in [-0.4, -0.2) is 20.9 Å². The van der Waals surface area contributed by atoms with Crippen LogP contribution < -0.4 is 5.46 Å². The number of esters is 1. The lowest BCUT2D eigenvalue weighted by molar-refractivity contribution is 0.0594. The Morgan fingerprint density at radius 1 is 1.53 bits per heavy atom. The maximum absolute atomic E-state index is 13.6. The largest absolute Gasteiger partial charge is 0.465 e. The lowest BCUT2D eigenvalue weighted by atomic mass is 9.90. The molecule has 0 aliphatic heterocycles. The van der Waals surface area contributed by atoms with Crippen molar-refractivity contribution in [2.24, 2.45) is 0 Å². The van der Waals surface area contributed by atoms with Crippen molar-refractivity contribution in [3.05, 3.63) is 29.1 Å². The standard InChI is InChI=1S/C11H10BFO2/c1-15-11(14)10-8(6-2-3-6)4-7(12)5-9(10)13/h4-6H,2-3H2,1H3. The fourth-order valence-electron chi connectivity index (χ4n) is 1.68. The third kappa shape index (κ3) is 1.89. The maximum Gasteiger partial charge on any atom is 0.341 e. The molecule has 2 rings (SSSR count). The Morgan fingerprint density at radius 2 is 2.20 bits per heavy atom. The number of hydrogen-bond acceptors (Lipinski definition) is 2. The summed E-state index contributed by atoms with van der Waals surface area (Å²) in [5, 5.41) is 0. The van der Waals surface area contributed by atoms with Crippen molar-refractivity contribution >= 4 is 19.3 Å². The summed E-state index contributed by atoms with van der Waals surface area (Å²) < 4.78 is 18.1.